The molecule has 1 rings (SSSR count). The molecule has 1 aromatic rings. The highest BCUT2D eigenvalue weighted by Crippen LogP contribution is 2.18. The first kappa shape index (κ1) is 17.2. The van der Waals surface area contributed by atoms with Crippen molar-refractivity contribution >= 4 is 21.8 Å². The van der Waals surface area contributed by atoms with Gasteiger partial charge in [0.25, 0.3) is 5.91 Å². The van der Waals surface area contributed by atoms with Crippen molar-refractivity contribution in [3.63, 3.8) is 0 Å². The van der Waals surface area contributed by atoms with E-state index < -0.39 is 0 Å². The second kappa shape index (κ2) is 7.79. The van der Waals surface area contributed by atoms with Gasteiger partial charge in [0.1, 0.15) is 0 Å². The third-order valence-electron chi connectivity index (χ3n) is 3.05. The van der Waals surface area contributed by atoms with Gasteiger partial charge >= 0.3 is 0 Å². The maximum atomic E-state index is 12.4. The van der Waals surface area contributed by atoms with Gasteiger partial charge < -0.3 is 10.2 Å². The Labute approximate surface area is 130 Å². The van der Waals surface area contributed by atoms with Crippen molar-refractivity contribution in [3.8, 4) is 0 Å². The average Bonchev–Trinajstić information content (AvgIpc) is 2.26. The van der Waals surface area contributed by atoms with E-state index in [4.69, 9.17) is 0 Å². The van der Waals surface area contributed by atoms with Crippen LogP contribution < -0.4 is 5.32 Å². The zero-order valence-corrected chi connectivity index (χ0v) is 14.6. The van der Waals surface area contributed by atoms with Crippen LogP contribution in [0.5, 0.6) is 0 Å². The summed E-state index contributed by atoms with van der Waals surface area (Å²) in [6.07, 6.45) is 0.980. The Kier molecular flexibility index (Phi) is 6.69. The molecule has 0 fully saturated rings. The molecule has 4 heteroatoms. The zero-order chi connectivity index (χ0) is 15.3. The van der Waals surface area contributed by atoms with Crippen LogP contribution in [0.4, 0.5) is 0 Å². The zero-order valence-electron chi connectivity index (χ0n) is 13.0. The molecule has 1 unspecified atom stereocenters. The summed E-state index contributed by atoms with van der Waals surface area (Å²) in [5.41, 5.74) is 1.84. The molecule has 1 amide bonds. The first-order chi connectivity index (χ1) is 9.29. The predicted molar refractivity (Wildman–Crippen MR) is 88.1 cm³/mol. The Morgan fingerprint density at radius 1 is 1.35 bits per heavy atom. The number of hydrogen-bond donors (Lipinski definition) is 1. The second-order valence-corrected chi connectivity index (χ2v) is 6.90. The number of carbonyl (C=O) groups excluding carboxylic acids is 1. The molecular weight excluding hydrogens is 316 g/mol. The van der Waals surface area contributed by atoms with Crippen LogP contribution in [0.15, 0.2) is 22.7 Å². The molecule has 112 valence electrons. The topological polar surface area (TPSA) is 32.3 Å². The molecule has 0 aliphatic carbocycles. The summed E-state index contributed by atoms with van der Waals surface area (Å²) in [5.74, 6) is 0.547. The molecule has 3 nitrogen and oxygen atoms in total. The Bertz CT molecular complexity index is 448. The van der Waals surface area contributed by atoms with Crippen molar-refractivity contribution in [1.29, 1.82) is 0 Å². The molecule has 1 aromatic carbocycles. The fourth-order valence-electron chi connectivity index (χ4n) is 2.26. The minimum absolute atomic E-state index is 0.00984. The van der Waals surface area contributed by atoms with E-state index >= 15 is 0 Å². The molecule has 1 atom stereocenters. The van der Waals surface area contributed by atoms with Crippen molar-refractivity contribution in [2.24, 2.45) is 5.92 Å². The molecule has 0 bridgehead atoms. The molecular formula is C16H25BrN2O. The monoisotopic (exact) mass is 340 g/mol. The Balaban J connectivity index is 2.78. The van der Waals surface area contributed by atoms with Crippen molar-refractivity contribution < 1.29 is 4.79 Å². The quantitative estimate of drug-likeness (QED) is 0.859. The number of aryl methyl sites for hydroxylation is 1. The Morgan fingerprint density at radius 2 is 2.00 bits per heavy atom. The van der Waals surface area contributed by atoms with Crippen molar-refractivity contribution in [1.82, 2.24) is 10.2 Å². The lowest BCUT2D eigenvalue weighted by Gasteiger charge is -2.24. The number of halogens is 1. The summed E-state index contributed by atoms with van der Waals surface area (Å²) >= 11 is 3.47. The summed E-state index contributed by atoms with van der Waals surface area (Å²) in [5, 5.41) is 3.15. The molecule has 20 heavy (non-hydrogen) atoms. The number of nitrogens with zero attached hydrogens (tertiary/aromatic N) is 1. The SMILES string of the molecule is Cc1ccc(C(=O)NC(CC(C)C)CN(C)C)c(Br)c1. The van der Waals surface area contributed by atoms with E-state index in [1.165, 1.54) is 0 Å². The summed E-state index contributed by atoms with van der Waals surface area (Å²) in [6, 6.07) is 5.98. The van der Waals surface area contributed by atoms with E-state index in [1.807, 2.05) is 39.2 Å². The van der Waals surface area contributed by atoms with Gasteiger partial charge in [-0.2, -0.15) is 0 Å². The van der Waals surface area contributed by atoms with E-state index in [2.05, 4.69) is 40.0 Å². The van der Waals surface area contributed by atoms with Crippen LogP contribution >= 0.6 is 15.9 Å². The molecule has 0 saturated carbocycles. The lowest BCUT2D eigenvalue weighted by atomic mass is 10.0. The summed E-state index contributed by atoms with van der Waals surface area (Å²) < 4.78 is 0.850. The number of carbonyl (C=O) groups is 1. The minimum Gasteiger partial charge on any atom is -0.348 e. The third kappa shape index (κ3) is 5.63. The van der Waals surface area contributed by atoms with Gasteiger partial charge in [0, 0.05) is 17.1 Å². The highest BCUT2D eigenvalue weighted by molar-refractivity contribution is 9.10. The molecule has 0 saturated heterocycles. The summed E-state index contributed by atoms with van der Waals surface area (Å²) in [6.45, 7) is 7.22. The minimum atomic E-state index is -0.00984. The van der Waals surface area contributed by atoms with Gasteiger partial charge in [0.05, 0.1) is 5.56 Å². The van der Waals surface area contributed by atoms with E-state index in [0.29, 0.717) is 11.5 Å². The number of hydrogen-bond acceptors (Lipinski definition) is 2. The van der Waals surface area contributed by atoms with Gasteiger partial charge in [-0.15, -0.1) is 0 Å². The van der Waals surface area contributed by atoms with Crippen molar-refractivity contribution in [2.45, 2.75) is 33.2 Å². The highest BCUT2D eigenvalue weighted by Gasteiger charge is 2.17. The molecule has 0 aliphatic heterocycles. The number of nitrogens with one attached hydrogen (secondary N) is 1. The number of likely N-dealkylation sites (N-methyl/N-ethyl adjacent to an activating group) is 1. The number of benzene rings is 1. The van der Waals surface area contributed by atoms with Crippen LogP contribution in [0.3, 0.4) is 0 Å². The lowest BCUT2D eigenvalue weighted by Crippen LogP contribution is -2.42. The van der Waals surface area contributed by atoms with Crippen molar-refractivity contribution in [3.05, 3.63) is 33.8 Å². The Hall–Kier alpha value is -0.870. The fourth-order valence-corrected chi connectivity index (χ4v) is 2.93. The van der Waals surface area contributed by atoms with E-state index in [0.717, 1.165) is 23.0 Å². The van der Waals surface area contributed by atoms with Gasteiger partial charge in [0.15, 0.2) is 0 Å². The number of rotatable bonds is 6. The number of amides is 1. The fraction of sp³-hybridized carbons (Fsp3) is 0.562. The lowest BCUT2D eigenvalue weighted by molar-refractivity contribution is 0.0924. The molecule has 0 radical (unpaired) electrons. The van der Waals surface area contributed by atoms with Gasteiger partial charge in [-0.3, -0.25) is 4.79 Å². The normalized spacial score (nSPS) is 12.8. The van der Waals surface area contributed by atoms with Crippen LogP contribution in [-0.2, 0) is 0 Å². The second-order valence-electron chi connectivity index (χ2n) is 6.05. The summed E-state index contributed by atoms with van der Waals surface area (Å²) in [7, 11) is 4.06. The smallest absolute Gasteiger partial charge is 0.252 e. The van der Waals surface area contributed by atoms with E-state index in [1.54, 1.807) is 0 Å². The first-order valence-electron chi connectivity index (χ1n) is 7.01. The largest absolute Gasteiger partial charge is 0.348 e. The van der Waals surface area contributed by atoms with Gasteiger partial charge in [-0.1, -0.05) is 19.9 Å². The Morgan fingerprint density at radius 3 is 2.50 bits per heavy atom. The molecule has 0 aliphatic rings. The van der Waals surface area contributed by atoms with Crippen LogP contribution in [0.1, 0.15) is 36.2 Å². The van der Waals surface area contributed by atoms with Crippen LogP contribution in [0.2, 0.25) is 0 Å². The third-order valence-corrected chi connectivity index (χ3v) is 3.70. The first-order valence-corrected chi connectivity index (χ1v) is 7.80. The standard InChI is InChI=1S/C16H25BrN2O/c1-11(2)8-13(10-19(4)5)18-16(20)14-7-6-12(3)9-15(14)17/h6-7,9,11,13H,8,10H2,1-5H3,(H,18,20). The van der Waals surface area contributed by atoms with Crippen LogP contribution in [0.25, 0.3) is 0 Å². The van der Waals surface area contributed by atoms with Crippen LogP contribution in [-0.4, -0.2) is 37.5 Å². The summed E-state index contributed by atoms with van der Waals surface area (Å²) in [4.78, 5) is 14.5. The molecule has 0 spiro atoms. The molecule has 0 aromatic heterocycles. The maximum absolute atomic E-state index is 12.4. The predicted octanol–water partition coefficient (Wildman–Crippen LogP) is 3.46. The molecule has 0 heterocycles. The van der Waals surface area contributed by atoms with Gasteiger partial charge in [0.2, 0.25) is 0 Å². The highest BCUT2D eigenvalue weighted by atomic mass is 79.9. The maximum Gasteiger partial charge on any atom is 0.252 e. The van der Waals surface area contributed by atoms with E-state index in [-0.39, 0.29) is 11.9 Å². The average molecular weight is 341 g/mol. The van der Waals surface area contributed by atoms with Crippen molar-refractivity contribution in [2.75, 3.05) is 20.6 Å². The van der Waals surface area contributed by atoms with Gasteiger partial charge in [-0.25, -0.2) is 0 Å². The van der Waals surface area contributed by atoms with Gasteiger partial charge in [-0.05, 0) is 67.0 Å². The van der Waals surface area contributed by atoms with Crippen LogP contribution in [0, 0.1) is 12.8 Å². The van der Waals surface area contributed by atoms with E-state index in [9.17, 15) is 4.79 Å². The molecule has 1 N–H and O–H groups in total.